The van der Waals surface area contributed by atoms with Crippen LogP contribution in [0.3, 0.4) is 0 Å². The summed E-state index contributed by atoms with van der Waals surface area (Å²) in [6.45, 7) is 0. The van der Waals surface area contributed by atoms with Crippen LogP contribution in [0, 0.1) is 11.8 Å². The van der Waals surface area contributed by atoms with Gasteiger partial charge in [-0.1, -0.05) is 6.42 Å². The molecule has 0 aromatic carbocycles. The summed E-state index contributed by atoms with van der Waals surface area (Å²) in [4.78, 5) is 12.1. The molecule has 0 N–H and O–H groups in total. The van der Waals surface area contributed by atoms with E-state index in [4.69, 9.17) is 0 Å². The van der Waals surface area contributed by atoms with E-state index in [1.165, 1.54) is 0 Å². The highest BCUT2D eigenvalue weighted by Crippen LogP contribution is 2.40. The van der Waals surface area contributed by atoms with Gasteiger partial charge in [0.25, 0.3) is 0 Å². The highest BCUT2D eigenvalue weighted by atomic mass is 19.4. The fourth-order valence-corrected chi connectivity index (χ4v) is 2.88. The van der Waals surface area contributed by atoms with Crippen molar-refractivity contribution in [1.82, 2.24) is 9.78 Å². The van der Waals surface area contributed by atoms with Gasteiger partial charge in [0.05, 0.1) is 5.92 Å². The van der Waals surface area contributed by atoms with Gasteiger partial charge in [-0.15, -0.1) is 0 Å². The van der Waals surface area contributed by atoms with E-state index in [2.05, 4.69) is 5.10 Å². The number of ketones is 1. The van der Waals surface area contributed by atoms with Gasteiger partial charge in [-0.3, -0.25) is 9.48 Å². The molecular weight excluding hydrogens is 269 g/mol. The molecule has 1 aromatic rings. The molecule has 3 nitrogen and oxygen atoms in total. The summed E-state index contributed by atoms with van der Waals surface area (Å²) in [5, 5.41) is 4.01. The first-order valence-corrected chi connectivity index (χ1v) is 6.94. The van der Waals surface area contributed by atoms with Crippen molar-refractivity contribution >= 4 is 5.78 Å². The lowest BCUT2D eigenvalue weighted by Gasteiger charge is -2.29. The lowest BCUT2D eigenvalue weighted by molar-refractivity contribution is -0.186. The van der Waals surface area contributed by atoms with Gasteiger partial charge in [0.2, 0.25) is 0 Å². The number of nitrogens with zero attached hydrogens (tertiary/aromatic N) is 2. The van der Waals surface area contributed by atoms with Crippen molar-refractivity contribution in [2.24, 2.45) is 18.9 Å². The SMILES string of the molecule is Cn1nccc1CCC(=O)C1CCCC(C(F)(F)F)C1. The molecule has 6 heteroatoms. The summed E-state index contributed by atoms with van der Waals surface area (Å²) >= 11 is 0. The van der Waals surface area contributed by atoms with E-state index in [-0.39, 0.29) is 18.6 Å². The van der Waals surface area contributed by atoms with Crippen molar-refractivity contribution in [2.45, 2.75) is 44.7 Å². The first-order chi connectivity index (χ1) is 9.38. The summed E-state index contributed by atoms with van der Waals surface area (Å²) in [5.41, 5.74) is 0.932. The Hall–Kier alpha value is -1.33. The molecule has 2 unspecified atom stereocenters. The van der Waals surface area contributed by atoms with Crippen LogP contribution in [0.5, 0.6) is 0 Å². The third kappa shape index (κ3) is 3.61. The number of aromatic nitrogens is 2. The number of aryl methyl sites for hydroxylation is 2. The Balaban J connectivity index is 1.88. The second-order valence-electron chi connectivity index (χ2n) is 5.51. The lowest BCUT2D eigenvalue weighted by atomic mass is 9.78. The minimum Gasteiger partial charge on any atom is -0.299 e. The monoisotopic (exact) mass is 288 g/mol. The Bertz CT molecular complexity index is 467. The van der Waals surface area contributed by atoms with Crippen LogP contribution in [-0.2, 0) is 18.3 Å². The molecule has 1 aliphatic carbocycles. The van der Waals surface area contributed by atoms with Gasteiger partial charge >= 0.3 is 6.18 Å². The van der Waals surface area contributed by atoms with Crippen molar-refractivity contribution in [2.75, 3.05) is 0 Å². The molecule has 2 rings (SSSR count). The van der Waals surface area contributed by atoms with Crippen molar-refractivity contribution < 1.29 is 18.0 Å². The number of rotatable bonds is 4. The van der Waals surface area contributed by atoms with Crippen LogP contribution in [0.4, 0.5) is 13.2 Å². The second-order valence-corrected chi connectivity index (χ2v) is 5.51. The Morgan fingerprint density at radius 3 is 2.80 bits per heavy atom. The van der Waals surface area contributed by atoms with Crippen molar-refractivity contribution in [3.05, 3.63) is 18.0 Å². The third-order valence-corrected chi connectivity index (χ3v) is 4.14. The topological polar surface area (TPSA) is 34.9 Å². The van der Waals surface area contributed by atoms with E-state index < -0.39 is 18.0 Å². The predicted octanol–water partition coefficient (Wildman–Crippen LogP) is 3.29. The van der Waals surface area contributed by atoms with Gasteiger partial charge in [-0.2, -0.15) is 18.3 Å². The van der Waals surface area contributed by atoms with Gasteiger partial charge in [0, 0.05) is 31.3 Å². The van der Waals surface area contributed by atoms with Crippen molar-refractivity contribution in [1.29, 1.82) is 0 Å². The molecule has 0 spiro atoms. The van der Waals surface area contributed by atoms with Gasteiger partial charge in [-0.25, -0.2) is 0 Å². The average Bonchev–Trinajstić information content (AvgIpc) is 2.81. The number of Topliss-reactive ketones (excluding diaryl/α,β-unsaturated/α-hetero) is 1. The fourth-order valence-electron chi connectivity index (χ4n) is 2.88. The molecule has 20 heavy (non-hydrogen) atoms. The summed E-state index contributed by atoms with van der Waals surface area (Å²) in [5.74, 6) is -1.77. The smallest absolute Gasteiger partial charge is 0.299 e. The minimum absolute atomic E-state index is 0.0340. The molecule has 0 aliphatic heterocycles. The summed E-state index contributed by atoms with van der Waals surface area (Å²) in [6, 6.07) is 1.83. The minimum atomic E-state index is -4.17. The van der Waals surface area contributed by atoms with Gasteiger partial charge in [-0.05, 0) is 31.7 Å². The molecule has 0 saturated heterocycles. The Morgan fingerprint density at radius 2 is 2.20 bits per heavy atom. The summed E-state index contributed by atoms with van der Waals surface area (Å²) in [7, 11) is 1.79. The first kappa shape index (κ1) is 15.1. The van der Waals surface area contributed by atoms with E-state index in [1.54, 1.807) is 17.9 Å². The summed E-state index contributed by atoms with van der Waals surface area (Å²) in [6.07, 6.45) is -0.454. The molecule has 112 valence electrons. The zero-order valence-corrected chi connectivity index (χ0v) is 11.5. The highest BCUT2D eigenvalue weighted by Gasteiger charge is 2.43. The largest absolute Gasteiger partial charge is 0.391 e. The molecule has 0 radical (unpaired) electrons. The molecule has 0 bridgehead atoms. The molecule has 1 aliphatic rings. The molecule has 1 fully saturated rings. The predicted molar refractivity (Wildman–Crippen MR) is 68.0 cm³/mol. The van der Waals surface area contributed by atoms with Crippen LogP contribution < -0.4 is 0 Å². The maximum atomic E-state index is 12.7. The van der Waals surface area contributed by atoms with Crippen molar-refractivity contribution in [3.63, 3.8) is 0 Å². The first-order valence-electron chi connectivity index (χ1n) is 6.94. The van der Waals surface area contributed by atoms with Crippen LogP contribution in [-0.4, -0.2) is 21.7 Å². The van der Waals surface area contributed by atoms with Crippen LogP contribution >= 0.6 is 0 Å². The number of halogens is 3. The fraction of sp³-hybridized carbons (Fsp3) is 0.714. The quantitative estimate of drug-likeness (QED) is 0.852. The molecule has 2 atom stereocenters. The standard InChI is InChI=1S/C14H19F3N2O/c1-19-12(7-8-18-19)5-6-13(20)10-3-2-4-11(9-10)14(15,16)17/h7-8,10-11H,2-6,9H2,1H3. The van der Waals surface area contributed by atoms with Gasteiger partial charge in [0.1, 0.15) is 5.78 Å². The second kappa shape index (κ2) is 5.97. The molecule has 1 saturated carbocycles. The zero-order chi connectivity index (χ0) is 14.8. The van der Waals surface area contributed by atoms with Crippen LogP contribution in [0.2, 0.25) is 0 Å². The number of carbonyl (C=O) groups excluding carboxylic acids is 1. The van der Waals surface area contributed by atoms with E-state index in [1.807, 2.05) is 6.07 Å². The van der Waals surface area contributed by atoms with E-state index in [9.17, 15) is 18.0 Å². The Labute approximate surface area is 116 Å². The third-order valence-electron chi connectivity index (χ3n) is 4.14. The Kier molecular flexibility index (Phi) is 4.50. The number of carbonyl (C=O) groups is 1. The van der Waals surface area contributed by atoms with Gasteiger partial charge < -0.3 is 0 Å². The molecule has 1 aromatic heterocycles. The average molecular weight is 288 g/mol. The maximum Gasteiger partial charge on any atom is 0.391 e. The number of alkyl halides is 3. The maximum absolute atomic E-state index is 12.7. The summed E-state index contributed by atoms with van der Waals surface area (Å²) < 4.78 is 39.8. The Morgan fingerprint density at radius 1 is 1.45 bits per heavy atom. The molecule has 0 amide bonds. The van der Waals surface area contributed by atoms with Crippen LogP contribution in [0.25, 0.3) is 0 Å². The van der Waals surface area contributed by atoms with Crippen LogP contribution in [0.15, 0.2) is 12.3 Å². The van der Waals surface area contributed by atoms with E-state index in [0.29, 0.717) is 25.7 Å². The van der Waals surface area contributed by atoms with E-state index >= 15 is 0 Å². The number of hydrogen-bond donors (Lipinski definition) is 0. The van der Waals surface area contributed by atoms with Crippen LogP contribution in [0.1, 0.15) is 37.8 Å². The van der Waals surface area contributed by atoms with E-state index in [0.717, 1.165) is 5.69 Å². The normalized spacial score (nSPS) is 23.8. The van der Waals surface area contributed by atoms with Crippen molar-refractivity contribution in [3.8, 4) is 0 Å². The van der Waals surface area contributed by atoms with Gasteiger partial charge in [0.15, 0.2) is 0 Å². The highest BCUT2D eigenvalue weighted by molar-refractivity contribution is 5.81. The molecule has 1 heterocycles. The lowest BCUT2D eigenvalue weighted by Crippen LogP contribution is -2.31. The molecular formula is C14H19F3N2O. The zero-order valence-electron chi connectivity index (χ0n) is 11.5. The number of hydrogen-bond acceptors (Lipinski definition) is 2.